The van der Waals surface area contributed by atoms with Crippen LogP contribution in [0.4, 0.5) is 23.5 Å². The highest BCUT2D eigenvalue weighted by Gasteiger charge is 2.17. The van der Waals surface area contributed by atoms with Crippen LogP contribution in [0.3, 0.4) is 0 Å². The number of amides is 1. The van der Waals surface area contributed by atoms with Gasteiger partial charge in [0.05, 0.1) is 0 Å². The lowest BCUT2D eigenvalue weighted by Gasteiger charge is -2.15. The summed E-state index contributed by atoms with van der Waals surface area (Å²) in [6.07, 6.45) is 3.14. The van der Waals surface area contributed by atoms with E-state index < -0.39 is 5.91 Å². The van der Waals surface area contributed by atoms with E-state index in [0.717, 1.165) is 50.1 Å². The molecule has 1 aromatic heterocycles. The number of benzene rings is 1. The quantitative estimate of drug-likeness (QED) is 0.415. The smallest absolute Gasteiger partial charge is 0.248 e. The van der Waals surface area contributed by atoms with Gasteiger partial charge in [-0.15, -0.1) is 0 Å². The third-order valence-corrected chi connectivity index (χ3v) is 4.61. The van der Waals surface area contributed by atoms with Gasteiger partial charge in [-0.1, -0.05) is 19.4 Å². The maximum atomic E-state index is 11.5. The van der Waals surface area contributed by atoms with Crippen molar-refractivity contribution < 1.29 is 4.79 Å². The Bertz CT molecular complexity index is 820. The number of rotatable bonds is 9. The Balaban J connectivity index is 1.84. The molecule has 1 aliphatic heterocycles. The predicted octanol–water partition coefficient (Wildman–Crippen LogP) is 2.01. The first-order chi connectivity index (χ1) is 13.5. The van der Waals surface area contributed by atoms with Gasteiger partial charge in [-0.25, -0.2) is 0 Å². The first kappa shape index (κ1) is 19.8. The van der Waals surface area contributed by atoms with E-state index in [4.69, 9.17) is 5.73 Å². The van der Waals surface area contributed by atoms with E-state index in [0.29, 0.717) is 29.5 Å². The molecule has 1 aliphatic rings. The van der Waals surface area contributed by atoms with E-state index in [-0.39, 0.29) is 0 Å². The number of hydrogen-bond donors (Lipinski definition) is 5. The first-order valence-electron chi connectivity index (χ1n) is 9.70. The Morgan fingerprint density at radius 3 is 2.75 bits per heavy atom. The zero-order valence-corrected chi connectivity index (χ0v) is 16.4. The van der Waals surface area contributed by atoms with Crippen molar-refractivity contribution in [3.05, 3.63) is 29.3 Å². The van der Waals surface area contributed by atoms with Crippen LogP contribution in [0.5, 0.6) is 0 Å². The summed E-state index contributed by atoms with van der Waals surface area (Å²) in [6, 6.07) is 5.54. The highest BCUT2D eigenvalue weighted by molar-refractivity contribution is 5.94. The third kappa shape index (κ3) is 5.29. The van der Waals surface area contributed by atoms with Crippen molar-refractivity contribution in [1.29, 1.82) is 0 Å². The molecule has 150 valence electrons. The van der Waals surface area contributed by atoms with Crippen molar-refractivity contribution >= 4 is 29.4 Å². The minimum atomic E-state index is -0.475. The highest BCUT2D eigenvalue weighted by Crippen LogP contribution is 2.21. The standard InChI is InChI=1S/C19H28N8O/c1-3-4-8-22-17-25-18(23-14-7-9-21-11-14)27-19(26-17)24-15-10-13(16(20)28)6-5-12(15)2/h5-6,10,14,21H,3-4,7-9,11H2,1-2H3,(H2,20,28)(H3,22,23,24,25,26,27)/t14-/m1/s1. The Hall–Kier alpha value is -2.94. The van der Waals surface area contributed by atoms with Gasteiger partial charge in [-0.3, -0.25) is 4.79 Å². The molecule has 0 bridgehead atoms. The molecular weight excluding hydrogens is 356 g/mol. The predicted molar refractivity (Wildman–Crippen MR) is 111 cm³/mol. The number of unbranched alkanes of at least 4 members (excludes halogenated alkanes) is 1. The summed E-state index contributed by atoms with van der Waals surface area (Å²) in [5.41, 5.74) is 7.52. The fraction of sp³-hybridized carbons (Fsp3) is 0.474. The summed E-state index contributed by atoms with van der Waals surface area (Å²) in [7, 11) is 0. The van der Waals surface area contributed by atoms with Gasteiger partial charge in [0.1, 0.15) is 0 Å². The minimum Gasteiger partial charge on any atom is -0.366 e. The van der Waals surface area contributed by atoms with E-state index >= 15 is 0 Å². The molecule has 0 unspecified atom stereocenters. The van der Waals surface area contributed by atoms with Crippen LogP contribution in [0.2, 0.25) is 0 Å². The van der Waals surface area contributed by atoms with Gasteiger partial charge in [0.15, 0.2) is 0 Å². The van der Waals surface area contributed by atoms with E-state index in [1.165, 1.54) is 0 Å². The topological polar surface area (TPSA) is 130 Å². The number of primary amides is 1. The van der Waals surface area contributed by atoms with Gasteiger partial charge >= 0.3 is 0 Å². The SMILES string of the molecule is CCCCNc1nc(Nc2cc(C(N)=O)ccc2C)nc(N[C@@H]2CCNC2)n1. The van der Waals surface area contributed by atoms with Crippen molar-refractivity contribution in [1.82, 2.24) is 20.3 Å². The molecule has 0 radical (unpaired) electrons. The second-order valence-electron chi connectivity index (χ2n) is 6.94. The molecule has 9 heteroatoms. The van der Waals surface area contributed by atoms with Crippen LogP contribution in [-0.2, 0) is 0 Å². The number of nitrogens with two attached hydrogens (primary N) is 1. The van der Waals surface area contributed by atoms with Gasteiger partial charge in [0.25, 0.3) is 0 Å². The summed E-state index contributed by atoms with van der Waals surface area (Å²) < 4.78 is 0. The lowest BCUT2D eigenvalue weighted by Crippen LogP contribution is -2.24. The maximum Gasteiger partial charge on any atom is 0.248 e. The molecule has 0 aliphatic carbocycles. The molecule has 1 amide bonds. The molecule has 3 rings (SSSR count). The Morgan fingerprint density at radius 2 is 2.04 bits per heavy atom. The summed E-state index contributed by atoms with van der Waals surface area (Å²) in [4.78, 5) is 25.0. The Labute approximate surface area is 164 Å². The number of hydrogen-bond acceptors (Lipinski definition) is 8. The fourth-order valence-corrected chi connectivity index (χ4v) is 2.94. The number of anilines is 4. The van der Waals surface area contributed by atoms with E-state index in [2.05, 4.69) is 43.1 Å². The average Bonchev–Trinajstić information content (AvgIpc) is 3.16. The molecule has 2 heterocycles. The molecule has 1 atom stereocenters. The monoisotopic (exact) mass is 384 g/mol. The van der Waals surface area contributed by atoms with Crippen molar-refractivity contribution in [2.75, 3.05) is 35.6 Å². The van der Waals surface area contributed by atoms with Crippen LogP contribution in [0.1, 0.15) is 42.1 Å². The number of nitrogens with one attached hydrogen (secondary N) is 4. The van der Waals surface area contributed by atoms with Crippen LogP contribution < -0.4 is 27.0 Å². The molecule has 9 nitrogen and oxygen atoms in total. The van der Waals surface area contributed by atoms with Crippen LogP contribution in [0, 0.1) is 6.92 Å². The molecule has 1 fully saturated rings. The number of aromatic nitrogens is 3. The second kappa shape index (κ2) is 9.32. The number of carbonyl (C=O) groups is 1. The van der Waals surface area contributed by atoms with Crippen LogP contribution in [0.15, 0.2) is 18.2 Å². The fourth-order valence-electron chi connectivity index (χ4n) is 2.94. The Kier molecular flexibility index (Phi) is 6.59. The van der Waals surface area contributed by atoms with E-state index in [1.54, 1.807) is 12.1 Å². The number of aryl methyl sites for hydroxylation is 1. The molecule has 0 spiro atoms. The van der Waals surface area contributed by atoms with Crippen molar-refractivity contribution in [2.24, 2.45) is 5.73 Å². The zero-order valence-electron chi connectivity index (χ0n) is 16.4. The molecule has 6 N–H and O–H groups in total. The number of nitrogens with zero attached hydrogens (tertiary/aromatic N) is 3. The first-order valence-corrected chi connectivity index (χ1v) is 9.70. The van der Waals surface area contributed by atoms with Gasteiger partial charge in [-0.05, 0) is 44.0 Å². The second-order valence-corrected chi connectivity index (χ2v) is 6.94. The van der Waals surface area contributed by atoms with E-state index in [1.807, 2.05) is 13.0 Å². The van der Waals surface area contributed by atoms with Gasteiger partial charge in [0.2, 0.25) is 23.8 Å². The Morgan fingerprint density at radius 1 is 1.25 bits per heavy atom. The van der Waals surface area contributed by atoms with Crippen molar-refractivity contribution in [3.63, 3.8) is 0 Å². The molecule has 2 aromatic rings. The van der Waals surface area contributed by atoms with Gasteiger partial charge in [0, 0.05) is 30.4 Å². The lowest BCUT2D eigenvalue weighted by molar-refractivity contribution is 0.100. The molecule has 1 aromatic carbocycles. The van der Waals surface area contributed by atoms with Crippen molar-refractivity contribution in [2.45, 2.75) is 39.2 Å². The maximum absolute atomic E-state index is 11.5. The normalized spacial score (nSPS) is 16.0. The summed E-state index contributed by atoms with van der Waals surface area (Å²) in [6.45, 7) is 6.73. The third-order valence-electron chi connectivity index (χ3n) is 4.61. The van der Waals surface area contributed by atoms with Crippen LogP contribution >= 0.6 is 0 Å². The summed E-state index contributed by atoms with van der Waals surface area (Å²) in [5.74, 6) is 0.973. The van der Waals surface area contributed by atoms with E-state index in [9.17, 15) is 4.79 Å². The van der Waals surface area contributed by atoms with Gasteiger partial charge in [-0.2, -0.15) is 15.0 Å². The van der Waals surface area contributed by atoms with Crippen LogP contribution in [0.25, 0.3) is 0 Å². The number of carbonyl (C=O) groups excluding carboxylic acids is 1. The van der Waals surface area contributed by atoms with Crippen molar-refractivity contribution in [3.8, 4) is 0 Å². The largest absolute Gasteiger partial charge is 0.366 e. The summed E-state index contributed by atoms with van der Waals surface area (Å²) in [5, 5.41) is 13.1. The highest BCUT2D eigenvalue weighted by atomic mass is 16.1. The van der Waals surface area contributed by atoms with Gasteiger partial charge < -0.3 is 27.0 Å². The molecule has 28 heavy (non-hydrogen) atoms. The molecule has 0 saturated carbocycles. The van der Waals surface area contributed by atoms with Crippen LogP contribution in [-0.4, -0.2) is 46.5 Å². The zero-order chi connectivity index (χ0) is 19.9. The molecule has 1 saturated heterocycles. The molecular formula is C19H28N8O. The average molecular weight is 384 g/mol. The lowest BCUT2D eigenvalue weighted by atomic mass is 10.1. The summed E-state index contributed by atoms with van der Waals surface area (Å²) >= 11 is 0. The minimum absolute atomic E-state index is 0.290.